The van der Waals surface area contributed by atoms with Crippen LogP contribution in [0.1, 0.15) is 41.6 Å². The number of carbonyl (C=O) groups excluding carboxylic acids is 1. The Hall–Kier alpha value is -2.43. The zero-order valence-corrected chi connectivity index (χ0v) is 13.2. The highest BCUT2D eigenvalue weighted by Gasteiger charge is 2.13. The molecule has 0 aliphatic carbocycles. The molecule has 0 radical (unpaired) electrons. The third kappa shape index (κ3) is 4.28. The molecule has 3 rings (SSSR count). The van der Waals surface area contributed by atoms with Crippen molar-refractivity contribution < 1.29 is 4.79 Å². The highest BCUT2D eigenvalue weighted by atomic mass is 16.1. The summed E-state index contributed by atoms with van der Waals surface area (Å²) in [4.78, 5) is 23.1. The number of hydrogen-bond donors (Lipinski definition) is 1. The third-order valence-electron chi connectivity index (χ3n) is 4.09. The minimum absolute atomic E-state index is 0.142. The summed E-state index contributed by atoms with van der Waals surface area (Å²) in [5.74, 6) is 0.586. The summed E-state index contributed by atoms with van der Waals surface area (Å²) in [5.41, 5.74) is 1.57. The van der Waals surface area contributed by atoms with Crippen LogP contribution in [-0.4, -0.2) is 29.0 Å². The van der Waals surface area contributed by atoms with E-state index in [-0.39, 0.29) is 5.91 Å². The van der Waals surface area contributed by atoms with Gasteiger partial charge in [-0.05, 0) is 18.4 Å². The topological polar surface area (TPSA) is 58.1 Å². The van der Waals surface area contributed by atoms with Crippen LogP contribution >= 0.6 is 0 Å². The number of nitrogens with one attached hydrogen (secondary N) is 1. The largest absolute Gasteiger partial charge is 0.348 e. The predicted molar refractivity (Wildman–Crippen MR) is 90.3 cm³/mol. The quantitative estimate of drug-likeness (QED) is 0.943. The Kier molecular flexibility index (Phi) is 5.19. The van der Waals surface area contributed by atoms with Crippen molar-refractivity contribution in [2.24, 2.45) is 0 Å². The maximum absolute atomic E-state index is 12.2. The molecule has 5 nitrogen and oxygen atoms in total. The lowest BCUT2D eigenvalue weighted by Crippen LogP contribution is -2.27. The summed E-state index contributed by atoms with van der Waals surface area (Å²) in [5, 5.41) is 2.89. The fourth-order valence-corrected chi connectivity index (χ4v) is 2.75. The zero-order valence-electron chi connectivity index (χ0n) is 13.2. The van der Waals surface area contributed by atoms with Gasteiger partial charge in [-0.1, -0.05) is 43.2 Å². The number of hydrogen-bond acceptors (Lipinski definition) is 4. The molecule has 2 aromatic rings. The Morgan fingerprint density at radius 2 is 1.65 bits per heavy atom. The average Bonchev–Trinajstić information content (AvgIpc) is 2.90. The highest BCUT2D eigenvalue weighted by molar-refractivity contribution is 5.93. The summed E-state index contributed by atoms with van der Waals surface area (Å²) in [6.45, 7) is 2.51. The molecule has 5 heteroatoms. The van der Waals surface area contributed by atoms with E-state index in [0.29, 0.717) is 12.1 Å². The zero-order chi connectivity index (χ0) is 15.9. The van der Waals surface area contributed by atoms with Crippen molar-refractivity contribution in [3.63, 3.8) is 0 Å². The summed E-state index contributed by atoms with van der Waals surface area (Å²) >= 11 is 0. The standard InChI is InChI=1S/C18H22N4O/c23-17(19-12-15-8-4-3-5-9-15)16-13-20-18(21-14-16)22-10-6-1-2-7-11-22/h3-5,8-9,13-14H,1-2,6-7,10-12H2,(H,19,23). The fraction of sp³-hybridized carbons (Fsp3) is 0.389. The molecular formula is C18H22N4O. The van der Waals surface area contributed by atoms with Crippen LogP contribution in [0.2, 0.25) is 0 Å². The molecule has 0 atom stereocenters. The number of rotatable bonds is 4. The molecule has 1 saturated heterocycles. The minimum atomic E-state index is -0.142. The molecule has 0 bridgehead atoms. The van der Waals surface area contributed by atoms with E-state index in [0.717, 1.165) is 24.6 Å². The Morgan fingerprint density at radius 1 is 1.00 bits per heavy atom. The Labute approximate surface area is 136 Å². The normalized spacial score (nSPS) is 15.0. The van der Waals surface area contributed by atoms with Gasteiger partial charge >= 0.3 is 0 Å². The van der Waals surface area contributed by atoms with E-state index >= 15 is 0 Å². The lowest BCUT2D eigenvalue weighted by Gasteiger charge is -2.19. The second-order valence-electron chi connectivity index (χ2n) is 5.84. The van der Waals surface area contributed by atoms with Crippen LogP contribution in [0.5, 0.6) is 0 Å². The Morgan fingerprint density at radius 3 is 2.30 bits per heavy atom. The first kappa shape index (κ1) is 15.5. The van der Waals surface area contributed by atoms with Crippen LogP contribution in [0.3, 0.4) is 0 Å². The molecule has 1 fully saturated rings. The van der Waals surface area contributed by atoms with Gasteiger partial charge in [0.1, 0.15) is 0 Å². The van der Waals surface area contributed by atoms with Crippen molar-refractivity contribution in [1.82, 2.24) is 15.3 Å². The second kappa shape index (κ2) is 7.72. The van der Waals surface area contributed by atoms with Crippen molar-refractivity contribution in [3.8, 4) is 0 Å². The third-order valence-corrected chi connectivity index (χ3v) is 4.09. The van der Waals surface area contributed by atoms with Crippen LogP contribution in [0.4, 0.5) is 5.95 Å². The monoisotopic (exact) mass is 310 g/mol. The van der Waals surface area contributed by atoms with E-state index < -0.39 is 0 Å². The van der Waals surface area contributed by atoms with Crippen LogP contribution in [-0.2, 0) is 6.54 Å². The molecule has 0 saturated carbocycles. The summed E-state index contributed by atoms with van der Waals surface area (Å²) in [6.07, 6.45) is 8.15. The van der Waals surface area contributed by atoms with Crippen molar-refractivity contribution in [3.05, 3.63) is 53.9 Å². The lowest BCUT2D eigenvalue weighted by atomic mass is 10.2. The van der Waals surface area contributed by atoms with E-state index in [1.165, 1.54) is 25.7 Å². The first-order valence-corrected chi connectivity index (χ1v) is 8.22. The van der Waals surface area contributed by atoms with Gasteiger partial charge in [0, 0.05) is 32.0 Å². The molecule has 1 amide bonds. The lowest BCUT2D eigenvalue weighted by molar-refractivity contribution is 0.0950. The maximum Gasteiger partial charge on any atom is 0.254 e. The number of aromatic nitrogens is 2. The summed E-state index contributed by atoms with van der Waals surface area (Å²) in [6, 6.07) is 9.85. The smallest absolute Gasteiger partial charge is 0.254 e. The summed E-state index contributed by atoms with van der Waals surface area (Å²) in [7, 11) is 0. The van der Waals surface area contributed by atoms with Gasteiger partial charge in [-0.25, -0.2) is 9.97 Å². The molecule has 1 N–H and O–H groups in total. The van der Waals surface area contributed by atoms with Gasteiger partial charge in [-0.15, -0.1) is 0 Å². The van der Waals surface area contributed by atoms with Crippen molar-refractivity contribution in [1.29, 1.82) is 0 Å². The Bertz CT molecular complexity index is 619. The van der Waals surface area contributed by atoms with E-state index in [9.17, 15) is 4.79 Å². The fourth-order valence-electron chi connectivity index (χ4n) is 2.75. The summed E-state index contributed by atoms with van der Waals surface area (Å²) < 4.78 is 0. The van der Waals surface area contributed by atoms with Gasteiger partial charge < -0.3 is 10.2 Å². The molecule has 0 spiro atoms. The molecule has 1 aliphatic rings. The van der Waals surface area contributed by atoms with Crippen molar-refractivity contribution in [2.45, 2.75) is 32.2 Å². The van der Waals surface area contributed by atoms with E-state index in [1.54, 1.807) is 12.4 Å². The number of amides is 1. The maximum atomic E-state index is 12.2. The highest BCUT2D eigenvalue weighted by Crippen LogP contribution is 2.15. The second-order valence-corrected chi connectivity index (χ2v) is 5.84. The van der Waals surface area contributed by atoms with E-state index in [1.807, 2.05) is 30.3 Å². The SMILES string of the molecule is O=C(NCc1ccccc1)c1cnc(N2CCCCCC2)nc1. The van der Waals surface area contributed by atoms with Gasteiger partial charge in [0.25, 0.3) is 5.91 Å². The van der Waals surface area contributed by atoms with Crippen LogP contribution in [0.25, 0.3) is 0 Å². The molecule has 1 aromatic carbocycles. The average molecular weight is 310 g/mol. The van der Waals surface area contributed by atoms with Crippen molar-refractivity contribution >= 4 is 11.9 Å². The van der Waals surface area contributed by atoms with Gasteiger partial charge in [-0.3, -0.25) is 4.79 Å². The van der Waals surface area contributed by atoms with Crippen LogP contribution < -0.4 is 10.2 Å². The first-order chi connectivity index (χ1) is 11.3. The van der Waals surface area contributed by atoms with Gasteiger partial charge in [0.05, 0.1) is 5.56 Å². The molecule has 0 unspecified atom stereocenters. The van der Waals surface area contributed by atoms with Crippen LogP contribution in [0.15, 0.2) is 42.7 Å². The minimum Gasteiger partial charge on any atom is -0.348 e. The van der Waals surface area contributed by atoms with E-state index in [2.05, 4.69) is 20.2 Å². The van der Waals surface area contributed by atoms with Gasteiger partial charge in [0.2, 0.25) is 5.95 Å². The number of benzene rings is 1. The molecule has 120 valence electrons. The number of anilines is 1. The van der Waals surface area contributed by atoms with Crippen molar-refractivity contribution in [2.75, 3.05) is 18.0 Å². The Balaban J connectivity index is 1.58. The molecule has 1 aromatic heterocycles. The van der Waals surface area contributed by atoms with Gasteiger partial charge in [-0.2, -0.15) is 0 Å². The molecule has 23 heavy (non-hydrogen) atoms. The van der Waals surface area contributed by atoms with E-state index in [4.69, 9.17) is 0 Å². The first-order valence-electron chi connectivity index (χ1n) is 8.22. The molecule has 1 aliphatic heterocycles. The van der Waals surface area contributed by atoms with Crippen LogP contribution in [0, 0.1) is 0 Å². The number of nitrogens with zero attached hydrogens (tertiary/aromatic N) is 3. The molecule has 2 heterocycles. The number of carbonyl (C=O) groups is 1. The predicted octanol–water partition coefficient (Wildman–Crippen LogP) is 2.79. The molecular weight excluding hydrogens is 288 g/mol. The van der Waals surface area contributed by atoms with Gasteiger partial charge in [0.15, 0.2) is 0 Å².